The van der Waals surface area contributed by atoms with Gasteiger partial charge in [-0.25, -0.2) is 0 Å². The number of unbranched alkanes of at least 4 members (excludes halogenated alkanes) is 8. The Kier molecular flexibility index (Phi) is 12.7. The number of amides is 1. The number of carbonyl (C=O) groups excluding carboxylic acids is 1. The van der Waals surface area contributed by atoms with Gasteiger partial charge >= 0.3 is 0 Å². The van der Waals surface area contributed by atoms with Gasteiger partial charge in [0.05, 0.1) is 12.2 Å². The van der Waals surface area contributed by atoms with Crippen LogP contribution in [0.1, 0.15) is 101 Å². The molecule has 1 amide bonds. The van der Waals surface area contributed by atoms with Crippen LogP contribution in [-0.2, 0) is 0 Å². The molecule has 0 fully saturated rings. The van der Waals surface area contributed by atoms with E-state index in [0.717, 1.165) is 0 Å². The third kappa shape index (κ3) is 9.84. The summed E-state index contributed by atoms with van der Waals surface area (Å²) in [5.74, 6) is 0.775. The van der Waals surface area contributed by atoms with E-state index in [1.165, 1.54) is 77.0 Å². The van der Waals surface area contributed by atoms with E-state index in [1.54, 1.807) is 6.07 Å². The Balaban J connectivity index is 2.46. The summed E-state index contributed by atoms with van der Waals surface area (Å²) >= 11 is 0. The van der Waals surface area contributed by atoms with Crippen LogP contribution in [0.2, 0.25) is 0 Å². The average molecular weight is 362 g/mol. The average Bonchev–Trinajstić information content (AvgIpc) is 2.65. The Morgan fingerprint density at radius 2 is 1.42 bits per heavy atom. The highest BCUT2D eigenvalue weighted by atomic mass is 16.5. The van der Waals surface area contributed by atoms with Crippen LogP contribution >= 0.6 is 0 Å². The summed E-state index contributed by atoms with van der Waals surface area (Å²) in [7, 11) is 0. The number of benzene rings is 1. The van der Waals surface area contributed by atoms with Crippen LogP contribution in [0.4, 0.5) is 0 Å². The SMILES string of the molecule is CCCCCCCC[C@H](CCCCCC)COc1ccccc1C(N)=O. The van der Waals surface area contributed by atoms with Crippen molar-refractivity contribution >= 4 is 5.91 Å². The highest BCUT2D eigenvalue weighted by molar-refractivity contribution is 5.95. The van der Waals surface area contributed by atoms with Gasteiger partial charge in [0.2, 0.25) is 0 Å². The molecular formula is C23H39NO2. The summed E-state index contributed by atoms with van der Waals surface area (Å²) in [5.41, 5.74) is 5.94. The maximum absolute atomic E-state index is 11.5. The van der Waals surface area contributed by atoms with Gasteiger partial charge in [0.15, 0.2) is 0 Å². The molecule has 0 heterocycles. The number of primary amides is 1. The fraction of sp³-hybridized carbons (Fsp3) is 0.696. The first-order chi connectivity index (χ1) is 12.7. The van der Waals surface area contributed by atoms with E-state index in [1.807, 2.05) is 18.2 Å². The van der Waals surface area contributed by atoms with Gasteiger partial charge in [-0.1, -0.05) is 90.2 Å². The lowest BCUT2D eigenvalue weighted by molar-refractivity contribution is 0.0995. The number of para-hydroxylation sites is 1. The second-order valence-electron chi connectivity index (χ2n) is 7.44. The van der Waals surface area contributed by atoms with Gasteiger partial charge in [-0.2, -0.15) is 0 Å². The van der Waals surface area contributed by atoms with E-state index >= 15 is 0 Å². The molecule has 0 aliphatic carbocycles. The lowest BCUT2D eigenvalue weighted by Crippen LogP contribution is -2.16. The molecule has 0 saturated carbocycles. The Morgan fingerprint density at radius 3 is 2.04 bits per heavy atom. The smallest absolute Gasteiger partial charge is 0.252 e. The van der Waals surface area contributed by atoms with Crippen molar-refractivity contribution < 1.29 is 9.53 Å². The van der Waals surface area contributed by atoms with Gasteiger partial charge < -0.3 is 10.5 Å². The summed E-state index contributed by atoms with van der Waals surface area (Å²) in [6.45, 7) is 5.19. The predicted octanol–water partition coefficient (Wildman–Crippen LogP) is 6.50. The van der Waals surface area contributed by atoms with Crippen LogP contribution in [-0.4, -0.2) is 12.5 Å². The van der Waals surface area contributed by atoms with E-state index < -0.39 is 5.91 Å². The van der Waals surface area contributed by atoms with Crippen LogP contribution in [0.15, 0.2) is 24.3 Å². The zero-order valence-corrected chi connectivity index (χ0v) is 17.0. The minimum atomic E-state index is -0.420. The molecule has 0 aliphatic rings. The third-order valence-electron chi connectivity index (χ3n) is 5.06. The van der Waals surface area contributed by atoms with Crippen LogP contribution < -0.4 is 10.5 Å². The third-order valence-corrected chi connectivity index (χ3v) is 5.06. The molecule has 1 aromatic carbocycles. The monoisotopic (exact) mass is 361 g/mol. The lowest BCUT2D eigenvalue weighted by atomic mass is 9.95. The molecule has 3 nitrogen and oxygen atoms in total. The number of rotatable bonds is 16. The van der Waals surface area contributed by atoms with Gasteiger partial charge in [-0.15, -0.1) is 0 Å². The van der Waals surface area contributed by atoms with Gasteiger partial charge in [0.1, 0.15) is 5.75 Å². The highest BCUT2D eigenvalue weighted by Gasteiger charge is 2.13. The maximum Gasteiger partial charge on any atom is 0.252 e. The molecule has 0 bridgehead atoms. The van der Waals surface area contributed by atoms with Gasteiger partial charge in [-0.05, 0) is 30.9 Å². The fourth-order valence-electron chi connectivity index (χ4n) is 3.39. The number of ether oxygens (including phenoxy) is 1. The molecule has 1 atom stereocenters. The molecule has 1 aromatic rings. The van der Waals surface area contributed by atoms with E-state index in [2.05, 4.69) is 13.8 Å². The fourth-order valence-corrected chi connectivity index (χ4v) is 3.39. The molecule has 0 unspecified atom stereocenters. The summed E-state index contributed by atoms with van der Waals surface area (Å²) in [6.07, 6.45) is 15.6. The quantitative estimate of drug-likeness (QED) is 0.342. The van der Waals surface area contributed by atoms with Crippen molar-refractivity contribution in [3.8, 4) is 5.75 Å². The number of hydrogen-bond donors (Lipinski definition) is 1. The molecule has 3 heteroatoms. The van der Waals surface area contributed by atoms with E-state index in [4.69, 9.17) is 10.5 Å². The minimum absolute atomic E-state index is 0.420. The second-order valence-corrected chi connectivity index (χ2v) is 7.44. The van der Waals surface area contributed by atoms with Crippen molar-refractivity contribution in [2.45, 2.75) is 90.9 Å². The number of carbonyl (C=O) groups is 1. The Labute approximate surface area is 160 Å². The Hall–Kier alpha value is -1.51. The highest BCUT2D eigenvalue weighted by Crippen LogP contribution is 2.23. The molecule has 0 saturated heterocycles. The second kappa shape index (κ2) is 14.6. The van der Waals surface area contributed by atoms with E-state index in [9.17, 15) is 4.79 Å². The molecule has 0 aliphatic heterocycles. The van der Waals surface area contributed by atoms with Crippen LogP contribution in [0.25, 0.3) is 0 Å². The van der Waals surface area contributed by atoms with Gasteiger partial charge in [-0.3, -0.25) is 4.79 Å². The van der Waals surface area contributed by atoms with E-state index in [-0.39, 0.29) is 0 Å². The molecule has 0 radical (unpaired) electrons. The van der Waals surface area contributed by atoms with Crippen LogP contribution in [0, 0.1) is 5.92 Å². The van der Waals surface area contributed by atoms with Crippen molar-refractivity contribution in [2.75, 3.05) is 6.61 Å². The van der Waals surface area contributed by atoms with Gasteiger partial charge in [0.25, 0.3) is 5.91 Å². The number of nitrogens with two attached hydrogens (primary N) is 1. The molecule has 1 rings (SSSR count). The van der Waals surface area contributed by atoms with Crippen LogP contribution in [0.5, 0.6) is 5.75 Å². The van der Waals surface area contributed by atoms with Crippen molar-refractivity contribution in [1.82, 2.24) is 0 Å². The Bertz CT molecular complexity index is 487. The van der Waals surface area contributed by atoms with Crippen LogP contribution in [0.3, 0.4) is 0 Å². The lowest BCUT2D eigenvalue weighted by Gasteiger charge is -2.19. The number of hydrogen-bond acceptors (Lipinski definition) is 2. The molecular weight excluding hydrogens is 322 g/mol. The largest absolute Gasteiger partial charge is 0.492 e. The first-order valence-corrected chi connectivity index (χ1v) is 10.7. The zero-order valence-electron chi connectivity index (χ0n) is 17.0. The van der Waals surface area contributed by atoms with Crippen molar-refractivity contribution in [3.05, 3.63) is 29.8 Å². The molecule has 0 spiro atoms. The molecule has 148 valence electrons. The zero-order chi connectivity index (χ0) is 19.0. The molecule has 26 heavy (non-hydrogen) atoms. The standard InChI is InChI=1S/C23H39NO2/c1-3-5-7-9-10-12-16-20(15-11-8-6-4-2)19-26-22-18-14-13-17-21(22)23(24)25/h13-14,17-18,20H,3-12,15-16,19H2,1-2H3,(H2,24,25)/t20-/m0/s1. The van der Waals surface area contributed by atoms with Crippen molar-refractivity contribution in [3.63, 3.8) is 0 Å². The van der Waals surface area contributed by atoms with Crippen molar-refractivity contribution in [2.24, 2.45) is 11.7 Å². The predicted molar refractivity (Wildman–Crippen MR) is 111 cm³/mol. The normalized spacial score (nSPS) is 12.1. The molecule has 2 N–H and O–H groups in total. The summed E-state index contributed by atoms with van der Waals surface area (Å²) < 4.78 is 6.01. The van der Waals surface area contributed by atoms with E-state index in [0.29, 0.717) is 23.8 Å². The molecule has 0 aromatic heterocycles. The Morgan fingerprint density at radius 1 is 0.885 bits per heavy atom. The summed E-state index contributed by atoms with van der Waals surface area (Å²) in [4.78, 5) is 11.5. The summed E-state index contributed by atoms with van der Waals surface area (Å²) in [5, 5.41) is 0. The first kappa shape index (κ1) is 22.5. The van der Waals surface area contributed by atoms with Gasteiger partial charge in [0, 0.05) is 0 Å². The maximum atomic E-state index is 11.5. The van der Waals surface area contributed by atoms with Crippen molar-refractivity contribution in [1.29, 1.82) is 0 Å². The summed E-state index contributed by atoms with van der Waals surface area (Å²) in [6, 6.07) is 7.30. The topological polar surface area (TPSA) is 52.3 Å². The minimum Gasteiger partial charge on any atom is -0.492 e. The first-order valence-electron chi connectivity index (χ1n) is 10.7.